The van der Waals surface area contributed by atoms with Gasteiger partial charge in [0.05, 0.1) is 12.2 Å². The van der Waals surface area contributed by atoms with Crippen LogP contribution in [-0.4, -0.2) is 28.3 Å². The van der Waals surface area contributed by atoms with Crippen molar-refractivity contribution >= 4 is 5.91 Å². The van der Waals surface area contributed by atoms with Gasteiger partial charge in [-0.15, -0.1) is 0 Å². The first-order chi connectivity index (χ1) is 7.66. The van der Waals surface area contributed by atoms with Gasteiger partial charge in [-0.25, -0.2) is 0 Å². The van der Waals surface area contributed by atoms with Gasteiger partial charge in [-0.2, -0.15) is 5.10 Å². The molecule has 1 fully saturated rings. The summed E-state index contributed by atoms with van der Waals surface area (Å²) in [4.78, 5) is 11.8. The second-order valence-corrected chi connectivity index (χ2v) is 4.44. The fourth-order valence-corrected chi connectivity index (χ4v) is 2.05. The van der Waals surface area contributed by atoms with E-state index in [4.69, 9.17) is 0 Å². The van der Waals surface area contributed by atoms with Gasteiger partial charge in [-0.1, -0.05) is 6.92 Å². The lowest BCUT2D eigenvalue weighted by molar-refractivity contribution is -0.123. The van der Waals surface area contributed by atoms with Crippen molar-refractivity contribution in [1.29, 1.82) is 0 Å². The monoisotopic (exact) mass is 222 g/mol. The maximum absolute atomic E-state index is 11.8. The normalized spacial score (nSPS) is 24.6. The molecule has 0 saturated carbocycles. The third-order valence-electron chi connectivity index (χ3n) is 3.04. The van der Waals surface area contributed by atoms with E-state index in [0.29, 0.717) is 12.5 Å². The van der Waals surface area contributed by atoms with Gasteiger partial charge in [0.2, 0.25) is 5.91 Å². The van der Waals surface area contributed by atoms with Crippen LogP contribution in [0.3, 0.4) is 0 Å². The molecule has 1 amide bonds. The Kier molecular flexibility index (Phi) is 3.24. The fourth-order valence-electron chi connectivity index (χ4n) is 2.05. The van der Waals surface area contributed by atoms with E-state index in [0.717, 1.165) is 18.5 Å². The Bertz CT molecular complexity index is 374. The maximum atomic E-state index is 11.8. The van der Waals surface area contributed by atoms with Crippen molar-refractivity contribution in [1.82, 2.24) is 20.4 Å². The van der Waals surface area contributed by atoms with Crippen molar-refractivity contribution in [3.05, 3.63) is 18.0 Å². The number of rotatable bonds is 3. The second kappa shape index (κ2) is 4.65. The molecule has 2 unspecified atom stereocenters. The van der Waals surface area contributed by atoms with Crippen LogP contribution in [0, 0.1) is 5.92 Å². The summed E-state index contributed by atoms with van der Waals surface area (Å²) in [7, 11) is 1.87. The van der Waals surface area contributed by atoms with Crippen LogP contribution in [0.1, 0.15) is 18.9 Å². The first-order valence-electron chi connectivity index (χ1n) is 5.65. The summed E-state index contributed by atoms with van der Waals surface area (Å²) in [5.41, 5.74) is 1.03. The van der Waals surface area contributed by atoms with E-state index >= 15 is 0 Å². The number of carbonyl (C=O) groups excluding carboxylic acids is 1. The van der Waals surface area contributed by atoms with Crippen LogP contribution < -0.4 is 10.6 Å². The summed E-state index contributed by atoms with van der Waals surface area (Å²) in [5, 5.41) is 10.2. The number of carbonyl (C=O) groups is 1. The number of amides is 1. The predicted molar refractivity (Wildman–Crippen MR) is 60.6 cm³/mol. The standard InChI is InChI=1S/C11H18N4O/c1-8-3-4-12-10(8)11(16)13-5-9-6-14-15(2)7-9/h6-8,10,12H,3-5H2,1-2H3,(H,13,16). The molecule has 5 nitrogen and oxygen atoms in total. The second-order valence-electron chi connectivity index (χ2n) is 4.44. The summed E-state index contributed by atoms with van der Waals surface area (Å²) >= 11 is 0. The van der Waals surface area contributed by atoms with Gasteiger partial charge in [-0.05, 0) is 18.9 Å². The van der Waals surface area contributed by atoms with Crippen LogP contribution in [-0.2, 0) is 18.4 Å². The quantitative estimate of drug-likeness (QED) is 0.759. The molecule has 0 aliphatic carbocycles. The number of nitrogens with one attached hydrogen (secondary N) is 2. The zero-order valence-corrected chi connectivity index (χ0v) is 9.73. The number of aromatic nitrogens is 2. The van der Waals surface area contributed by atoms with Gasteiger partial charge in [0.15, 0.2) is 0 Å². The van der Waals surface area contributed by atoms with Crippen molar-refractivity contribution in [3.63, 3.8) is 0 Å². The first kappa shape index (κ1) is 11.1. The third-order valence-corrected chi connectivity index (χ3v) is 3.04. The van der Waals surface area contributed by atoms with Crippen molar-refractivity contribution < 1.29 is 4.79 Å². The molecule has 1 aliphatic rings. The number of hydrogen-bond donors (Lipinski definition) is 2. The highest BCUT2D eigenvalue weighted by atomic mass is 16.2. The fraction of sp³-hybridized carbons (Fsp3) is 0.636. The Labute approximate surface area is 95.2 Å². The van der Waals surface area contributed by atoms with E-state index < -0.39 is 0 Å². The number of nitrogens with zero attached hydrogens (tertiary/aromatic N) is 2. The molecule has 1 aliphatic heterocycles. The zero-order chi connectivity index (χ0) is 11.5. The smallest absolute Gasteiger partial charge is 0.237 e. The largest absolute Gasteiger partial charge is 0.351 e. The molecule has 0 radical (unpaired) electrons. The minimum atomic E-state index is -0.0309. The lowest BCUT2D eigenvalue weighted by Gasteiger charge is -2.14. The molecule has 0 aromatic carbocycles. The Morgan fingerprint density at radius 2 is 2.56 bits per heavy atom. The van der Waals surface area contributed by atoms with Gasteiger partial charge in [-0.3, -0.25) is 9.48 Å². The van der Waals surface area contributed by atoms with Gasteiger partial charge in [0.1, 0.15) is 0 Å². The molecule has 2 atom stereocenters. The molecule has 16 heavy (non-hydrogen) atoms. The summed E-state index contributed by atoms with van der Waals surface area (Å²) in [6.45, 7) is 3.60. The van der Waals surface area contributed by atoms with E-state index in [2.05, 4.69) is 22.7 Å². The molecule has 0 bridgehead atoms. The van der Waals surface area contributed by atoms with E-state index in [-0.39, 0.29) is 11.9 Å². The van der Waals surface area contributed by atoms with Crippen LogP contribution >= 0.6 is 0 Å². The number of aryl methyl sites for hydroxylation is 1. The van der Waals surface area contributed by atoms with Crippen molar-refractivity contribution in [2.75, 3.05) is 6.54 Å². The lowest BCUT2D eigenvalue weighted by atomic mass is 10.0. The maximum Gasteiger partial charge on any atom is 0.237 e. The van der Waals surface area contributed by atoms with Crippen molar-refractivity contribution in [2.24, 2.45) is 13.0 Å². The summed E-state index contributed by atoms with van der Waals surface area (Å²) in [6, 6.07) is -0.0309. The topological polar surface area (TPSA) is 59.0 Å². The molecule has 2 N–H and O–H groups in total. The molecular formula is C11H18N4O. The van der Waals surface area contributed by atoms with E-state index in [9.17, 15) is 4.79 Å². The van der Waals surface area contributed by atoms with Crippen molar-refractivity contribution in [2.45, 2.75) is 25.9 Å². The molecule has 2 heterocycles. The molecule has 5 heteroatoms. The molecule has 0 spiro atoms. The SMILES string of the molecule is CC1CCNC1C(=O)NCc1cnn(C)c1. The Balaban J connectivity index is 1.83. The number of hydrogen-bond acceptors (Lipinski definition) is 3. The van der Waals surface area contributed by atoms with Crippen LogP contribution in [0.4, 0.5) is 0 Å². The van der Waals surface area contributed by atoms with E-state index in [1.54, 1.807) is 10.9 Å². The highest BCUT2D eigenvalue weighted by Gasteiger charge is 2.28. The van der Waals surface area contributed by atoms with E-state index in [1.165, 1.54) is 0 Å². The minimum Gasteiger partial charge on any atom is -0.351 e. The third kappa shape index (κ3) is 2.41. The van der Waals surface area contributed by atoms with Crippen LogP contribution in [0.5, 0.6) is 0 Å². The Morgan fingerprint density at radius 3 is 3.12 bits per heavy atom. The van der Waals surface area contributed by atoms with Gasteiger partial charge in [0.25, 0.3) is 0 Å². The molecular weight excluding hydrogens is 204 g/mol. The van der Waals surface area contributed by atoms with Crippen LogP contribution in [0.15, 0.2) is 12.4 Å². The highest BCUT2D eigenvalue weighted by Crippen LogP contribution is 2.14. The molecule has 2 rings (SSSR count). The average molecular weight is 222 g/mol. The Hall–Kier alpha value is -1.36. The summed E-state index contributed by atoms with van der Waals surface area (Å²) < 4.78 is 1.73. The minimum absolute atomic E-state index is 0.0309. The average Bonchev–Trinajstić information content (AvgIpc) is 2.84. The first-order valence-corrected chi connectivity index (χ1v) is 5.65. The predicted octanol–water partition coefficient (Wildman–Crippen LogP) is 0.0343. The van der Waals surface area contributed by atoms with Gasteiger partial charge in [0, 0.05) is 25.4 Å². The summed E-state index contributed by atoms with van der Waals surface area (Å²) in [5.74, 6) is 0.516. The van der Waals surface area contributed by atoms with Crippen molar-refractivity contribution in [3.8, 4) is 0 Å². The van der Waals surface area contributed by atoms with Gasteiger partial charge >= 0.3 is 0 Å². The highest BCUT2D eigenvalue weighted by molar-refractivity contribution is 5.82. The molecule has 1 aromatic heterocycles. The molecule has 1 aromatic rings. The van der Waals surface area contributed by atoms with Gasteiger partial charge < -0.3 is 10.6 Å². The zero-order valence-electron chi connectivity index (χ0n) is 9.73. The van der Waals surface area contributed by atoms with Crippen LogP contribution in [0.25, 0.3) is 0 Å². The van der Waals surface area contributed by atoms with E-state index in [1.807, 2.05) is 13.2 Å². The molecule has 88 valence electrons. The molecule has 1 saturated heterocycles. The van der Waals surface area contributed by atoms with Crippen LogP contribution in [0.2, 0.25) is 0 Å². The Morgan fingerprint density at radius 1 is 1.75 bits per heavy atom. The lowest BCUT2D eigenvalue weighted by Crippen LogP contribution is -2.42. The summed E-state index contributed by atoms with van der Waals surface area (Å²) in [6.07, 6.45) is 4.75.